The van der Waals surface area contributed by atoms with E-state index in [1.165, 1.54) is 10.8 Å². The number of hydrogen-bond acceptors (Lipinski definition) is 5. The summed E-state index contributed by atoms with van der Waals surface area (Å²) < 4.78 is 11.1. The average molecular weight is 370 g/mol. The van der Waals surface area contributed by atoms with E-state index < -0.39 is 0 Å². The van der Waals surface area contributed by atoms with Gasteiger partial charge in [-0.15, -0.1) is 0 Å². The summed E-state index contributed by atoms with van der Waals surface area (Å²) in [5.41, 5.74) is 3.96. The number of amides is 1. The van der Waals surface area contributed by atoms with E-state index in [0.29, 0.717) is 32.1 Å². The zero-order valence-corrected chi connectivity index (χ0v) is 15.4. The normalized spacial score (nSPS) is 25.1. The van der Waals surface area contributed by atoms with Gasteiger partial charge in [0.05, 0.1) is 19.8 Å². The van der Waals surface area contributed by atoms with E-state index in [0.717, 1.165) is 25.2 Å². The molecule has 2 fully saturated rings. The van der Waals surface area contributed by atoms with Crippen molar-refractivity contribution in [2.24, 2.45) is 5.92 Å². The van der Waals surface area contributed by atoms with Crippen LogP contribution in [0.2, 0.25) is 0 Å². The van der Waals surface area contributed by atoms with Crippen molar-refractivity contribution < 1.29 is 19.1 Å². The van der Waals surface area contributed by atoms with Gasteiger partial charge in [0.15, 0.2) is 0 Å². The molecule has 4 rings (SSSR count). The first kappa shape index (κ1) is 18.4. The lowest BCUT2D eigenvalue weighted by Crippen LogP contribution is -2.42. The molecule has 0 saturated carbocycles. The van der Waals surface area contributed by atoms with Gasteiger partial charge in [-0.25, -0.2) is 0 Å². The fourth-order valence-electron chi connectivity index (χ4n) is 3.55. The molecule has 2 aliphatic rings. The van der Waals surface area contributed by atoms with Gasteiger partial charge in [-0.3, -0.25) is 9.63 Å². The number of benzene rings is 2. The number of carbonyl (C=O) groups is 1. The Balaban J connectivity index is 1.18. The van der Waals surface area contributed by atoms with Gasteiger partial charge in [0.25, 0.3) is 0 Å². The summed E-state index contributed by atoms with van der Waals surface area (Å²) >= 11 is 0. The zero-order chi connectivity index (χ0) is 18.5. The minimum Gasteiger partial charge on any atom is -0.381 e. The van der Waals surface area contributed by atoms with Crippen molar-refractivity contribution in [2.45, 2.75) is 31.6 Å². The second-order valence-corrected chi connectivity index (χ2v) is 7.32. The first-order chi connectivity index (χ1) is 13.3. The van der Waals surface area contributed by atoms with Crippen LogP contribution < -0.4 is 10.8 Å². The molecule has 0 aliphatic carbocycles. The van der Waals surface area contributed by atoms with Crippen molar-refractivity contribution in [1.29, 1.82) is 0 Å². The number of rotatable bonds is 7. The summed E-state index contributed by atoms with van der Waals surface area (Å²) in [6.45, 7) is 3.19. The molecule has 0 spiro atoms. The van der Waals surface area contributed by atoms with E-state index in [9.17, 15) is 4.79 Å². The van der Waals surface area contributed by atoms with E-state index in [1.54, 1.807) is 0 Å². The van der Waals surface area contributed by atoms with Gasteiger partial charge < -0.3 is 14.8 Å². The van der Waals surface area contributed by atoms with Gasteiger partial charge in [-0.1, -0.05) is 36.4 Å². The molecule has 0 bridgehead atoms. The van der Waals surface area contributed by atoms with Crippen molar-refractivity contribution in [3.63, 3.8) is 0 Å². The Kier molecular flexibility index (Phi) is 5.99. The maximum Gasteiger partial charge on any atom is 0.239 e. The fraction of sp³-hybridized carbons (Fsp3) is 0.476. The van der Waals surface area contributed by atoms with Crippen molar-refractivity contribution >= 4 is 16.7 Å². The van der Waals surface area contributed by atoms with Crippen molar-refractivity contribution in [2.75, 3.05) is 26.4 Å². The maximum absolute atomic E-state index is 12.2. The van der Waals surface area contributed by atoms with Crippen LogP contribution in [0.15, 0.2) is 42.5 Å². The van der Waals surface area contributed by atoms with Gasteiger partial charge in [0.1, 0.15) is 12.1 Å². The Morgan fingerprint density at radius 1 is 1.22 bits per heavy atom. The van der Waals surface area contributed by atoms with Crippen LogP contribution in [0.4, 0.5) is 0 Å². The molecule has 144 valence electrons. The highest BCUT2D eigenvalue weighted by Gasteiger charge is 2.31. The quantitative estimate of drug-likeness (QED) is 0.782. The third-order valence-corrected chi connectivity index (χ3v) is 5.17. The number of ether oxygens (including phenoxy) is 2. The van der Waals surface area contributed by atoms with Crippen LogP contribution >= 0.6 is 0 Å². The van der Waals surface area contributed by atoms with Crippen LogP contribution in [0.3, 0.4) is 0 Å². The molecule has 3 atom stereocenters. The van der Waals surface area contributed by atoms with Gasteiger partial charge in [-0.05, 0) is 28.8 Å². The molecule has 6 heteroatoms. The predicted molar refractivity (Wildman–Crippen MR) is 102 cm³/mol. The second kappa shape index (κ2) is 8.80. The number of hydroxylamine groups is 1. The van der Waals surface area contributed by atoms with Crippen LogP contribution in [0.1, 0.15) is 18.4 Å². The highest BCUT2D eigenvalue weighted by atomic mass is 16.7. The smallest absolute Gasteiger partial charge is 0.239 e. The van der Waals surface area contributed by atoms with Crippen molar-refractivity contribution in [3.8, 4) is 0 Å². The maximum atomic E-state index is 12.2. The molecule has 1 amide bonds. The van der Waals surface area contributed by atoms with Gasteiger partial charge in [0, 0.05) is 25.5 Å². The van der Waals surface area contributed by atoms with Crippen LogP contribution in [-0.4, -0.2) is 44.4 Å². The third-order valence-electron chi connectivity index (χ3n) is 5.17. The molecular formula is C21H26N2O4. The lowest BCUT2D eigenvalue weighted by atomic mass is 10.1. The molecule has 2 saturated heterocycles. The lowest BCUT2D eigenvalue weighted by Gasteiger charge is -2.12. The highest BCUT2D eigenvalue weighted by Crippen LogP contribution is 2.17. The first-order valence-electron chi connectivity index (χ1n) is 9.60. The zero-order valence-electron chi connectivity index (χ0n) is 15.4. The van der Waals surface area contributed by atoms with E-state index in [-0.39, 0.29) is 18.1 Å². The molecular weight excluding hydrogens is 344 g/mol. The summed E-state index contributed by atoms with van der Waals surface area (Å²) in [7, 11) is 0. The van der Waals surface area contributed by atoms with Gasteiger partial charge in [0.2, 0.25) is 5.91 Å². The summed E-state index contributed by atoms with van der Waals surface area (Å²) in [6.07, 6.45) is 1.51. The summed E-state index contributed by atoms with van der Waals surface area (Å²) in [5, 5.41) is 5.42. The number of nitrogens with one attached hydrogen (secondary N) is 2. The van der Waals surface area contributed by atoms with E-state index in [4.69, 9.17) is 14.3 Å². The summed E-state index contributed by atoms with van der Waals surface area (Å²) in [6, 6.07) is 14.3. The van der Waals surface area contributed by atoms with Crippen LogP contribution in [0.25, 0.3) is 10.8 Å². The molecule has 2 aliphatic heterocycles. The minimum atomic E-state index is -0.318. The van der Waals surface area contributed by atoms with E-state index >= 15 is 0 Å². The molecule has 2 aromatic carbocycles. The minimum absolute atomic E-state index is 0.0149. The first-order valence-corrected chi connectivity index (χ1v) is 9.60. The number of hydrogen-bond donors (Lipinski definition) is 2. The molecule has 2 aromatic rings. The third kappa shape index (κ3) is 4.84. The van der Waals surface area contributed by atoms with Gasteiger partial charge >= 0.3 is 0 Å². The van der Waals surface area contributed by atoms with Crippen LogP contribution in [0.5, 0.6) is 0 Å². The van der Waals surface area contributed by atoms with E-state index in [2.05, 4.69) is 41.1 Å². The van der Waals surface area contributed by atoms with E-state index in [1.807, 2.05) is 12.1 Å². The molecule has 6 nitrogen and oxygen atoms in total. The Bertz CT molecular complexity index is 776. The molecule has 3 unspecified atom stereocenters. The second-order valence-electron chi connectivity index (χ2n) is 7.32. The monoisotopic (exact) mass is 370 g/mol. The average Bonchev–Trinajstić information content (AvgIpc) is 3.38. The standard InChI is InChI=1S/C21H26N2O4/c24-21(22-11-16-7-8-25-13-16)20-10-19(27-23-20)14-26-12-15-5-6-17-3-1-2-4-18(17)9-15/h1-6,9,16,19-20,23H,7-8,10-14H2,(H,22,24). The SMILES string of the molecule is O=C(NCC1CCOC1)C1CC(COCc2ccc3ccccc3c2)ON1. The Morgan fingerprint density at radius 3 is 2.96 bits per heavy atom. The number of carbonyl (C=O) groups excluding carboxylic acids is 1. The molecule has 27 heavy (non-hydrogen) atoms. The molecule has 0 aromatic heterocycles. The number of fused-ring (bicyclic) bond motifs is 1. The molecule has 0 radical (unpaired) electrons. The summed E-state index contributed by atoms with van der Waals surface area (Å²) in [5.74, 6) is 0.413. The van der Waals surface area contributed by atoms with Crippen LogP contribution in [0, 0.1) is 5.92 Å². The van der Waals surface area contributed by atoms with Crippen molar-refractivity contribution in [1.82, 2.24) is 10.8 Å². The van der Waals surface area contributed by atoms with Crippen LogP contribution in [-0.2, 0) is 25.7 Å². The van der Waals surface area contributed by atoms with Crippen molar-refractivity contribution in [3.05, 3.63) is 48.0 Å². The molecule has 2 N–H and O–H groups in total. The van der Waals surface area contributed by atoms with Gasteiger partial charge in [-0.2, -0.15) is 5.48 Å². The Labute approximate surface area is 159 Å². The fourth-order valence-corrected chi connectivity index (χ4v) is 3.55. The molecule has 2 heterocycles. The predicted octanol–water partition coefficient (Wildman–Crippen LogP) is 2.17. The summed E-state index contributed by atoms with van der Waals surface area (Å²) in [4.78, 5) is 17.7. The Morgan fingerprint density at radius 2 is 2.11 bits per heavy atom. The Hall–Kier alpha value is -1.99. The largest absolute Gasteiger partial charge is 0.381 e. The topological polar surface area (TPSA) is 68.8 Å². The lowest BCUT2D eigenvalue weighted by molar-refractivity contribution is -0.124. The highest BCUT2D eigenvalue weighted by molar-refractivity contribution is 5.83.